The Morgan fingerprint density at radius 3 is 2.33 bits per heavy atom. The van der Waals surface area contributed by atoms with Gasteiger partial charge in [-0.25, -0.2) is 8.42 Å². The minimum atomic E-state index is -3.49. The van der Waals surface area contributed by atoms with Crippen LogP contribution in [0.2, 0.25) is 0 Å². The van der Waals surface area contributed by atoms with Gasteiger partial charge in [-0.3, -0.25) is 4.79 Å². The fourth-order valence-electron chi connectivity index (χ4n) is 3.24. The second kappa shape index (κ2) is 9.66. The second-order valence-electron chi connectivity index (χ2n) is 7.75. The molecule has 0 N–H and O–H groups in total. The van der Waals surface area contributed by atoms with Crippen LogP contribution in [-0.4, -0.2) is 63.4 Å². The molecule has 0 unspecified atom stereocenters. The van der Waals surface area contributed by atoms with Crippen molar-refractivity contribution in [3.05, 3.63) is 29.8 Å². The maximum Gasteiger partial charge on any atom is 0.253 e. The lowest BCUT2D eigenvalue weighted by molar-refractivity contribution is 0.0672. The van der Waals surface area contributed by atoms with Gasteiger partial charge < -0.3 is 9.64 Å². The Balaban J connectivity index is 2.13. The van der Waals surface area contributed by atoms with Gasteiger partial charge in [0.25, 0.3) is 5.91 Å². The zero-order valence-electron chi connectivity index (χ0n) is 16.8. The summed E-state index contributed by atoms with van der Waals surface area (Å²) in [6.45, 7) is 9.00. The van der Waals surface area contributed by atoms with E-state index in [1.165, 1.54) is 0 Å². The first-order valence-electron chi connectivity index (χ1n) is 9.64. The predicted octanol–water partition coefficient (Wildman–Crippen LogP) is 2.85. The van der Waals surface area contributed by atoms with E-state index in [2.05, 4.69) is 20.8 Å². The molecule has 2 rings (SSSR count). The van der Waals surface area contributed by atoms with Crippen LogP contribution in [0.1, 0.15) is 44.0 Å². The first kappa shape index (κ1) is 21.9. The Morgan fingerprint density at radius 2 is 1.81 bits per heavy atom. The average molecular weight is 397 g/mol. The molecule has 1 saturated heterocycles. The van der Waals surface area contributed by atoms with Crippen molar-refractivity contribution in [2.75, 3.05) is 39.9 Å². The van der Waals surface area contributed by atoms with E-state index in [0.29, 0.717) is 50.2 Å². The number of nitrogens with zero attached hydrogens (tertiary/aromatic N) is 2. The van der Waals surface area contributed by atoms with E-state index in [4.69, 9.17) is 4.74 Å². The first-order chi connectivity index (χ1) is 12.8. The Morgan fingerprint density at radius 1 is 1.22 bits per heavy atom. The summed E-state index contributed by atoms with van der Waals surface area (Å²) in [5.74, 6) is 0.805. The number of hydrogen-bond donors (Lipinski definition) is 0. The van der Waals surface area contributed by atoms with Crippen LogP contribution in [-0.2, 0) is 14.8 Å². The van der Waals surface area contributed by atoms with Gasteiger partial charge in [0, 0.05) is 38.9 Å². The molecule has 1 aromatic rings. The molecule has 0 aromatic heterocycles. The van der Waals surface area contributed by atoms with Crippen molar-refractivity contribution >= 4 is 15.9 Å². The normalized spacial score (nSPS) is 16.6. The average Bonchev–Trinajstić information content (AvgIpc) is 2.64. The van der Waals surface area contributed by atoms with Gasteiger partial charge in [0.15, 0.2) is 0 Å². The molecule has 1 heterocycles. The number of carbonyl (C=O) groups excluding carboxylic acids is 1. The van der Waals surface area contributed by atoms with Gasteiger partial charge in [0.1, 0.15) is 0 Å². The van der Waals surface area contributed by atoms with E-state index in [0.717, 1.165) is 12.8 Å². The molecule has 0 radical (unpaired) electrons. The van der Waals surface area contributed by atoms with Crippen LogP contribution in [0.15, 0.2) is 29.2 Å². The molecule has 6 nitrogen and oxygen atoms in total. The Bertz CT molecular complexity index is 708. The van der Waals surface area contributed by atoms with Crippen molar-refractivity contribution in [2.24, 2.45) is 11.8 Å². The van der Waals surface area contributed by atoms with Crippen molar-refractivity contribution < 1.29 is 17.9 Å². The first-order valence-corrected chi connectivity index (χ1v) is 11.1. The topological polar surface area (TPSA) is 66.9 Å². The molecule has 1 aromatic carbocycles. The van der Waals surface area contributed by atoms with Crippen LogP contribution in [0.5, 0.6) is 0 Å². The number of ether oxygens (including phenoxy) is 1. The zero-order chi connectivity index (χ0) is 20.0. The van der Waals surface area contributed by atoms with Crippen molar-refractivity contribution in [3.63, 3.8) is 0 Å². The van der Waals surface area contributed by atoms with E-state index >= 15 is 0 Å². The number of benzene rings is 1. The van der Waals surface area contributed by atoms with Crippen molar-refractivity contribution in [1.82, 2.24) is 9.21 Å². The fourth-order valence-corrected chi connectivity index (χ4v) is 4.71. The Kier molecular flexibility index (Phi) is 7.82. The zero-order valence-corrected chi connectivity index (χ0v) is 17.7. The minimum Gasteiger partial charge on any atom is -0.383 e. The summed E-state index contributed by atoms with van der Waals surface area (Å²) in [6.07, 6.45) is 1.78. The largest absolute Gasteiger partial charge is 0.383 e. The molecule has 0 atom stereocenters. The number of rotatable bonds is 8. The number of carbonyl (C=O) groups is 1. The van der Waals surface area contributed by atoms with Crippen LogP contribution in [0.4, 0.5) is 0 Å². The molecule has 0 aliphatic carbocycles. The van der Waals surface area contributed by atoms with Crippen LogP contribution in [0.25, 0.3) is 0 Å². The van der Waals surface area contributed by atoms with Gasteiger partial charge >= 0.3 is 0 Å². The highest BCUT2D eigenvalue weighted by molar-refractivity contribution is 7.89. The molecular weight excluding hydrogens is 364 g/mol. The predicted molar refractivity (Wildman–Crippen MR) is 106 cm³/mol. The third kappa shape index (κ3) is 5.77. The number of methoxy groups -OCH3 is 1. The summed E-state index contributed by atoms with van der Waals surface area (Å²) >= 11 is 0. The monoisotopic (exact) mass is 396 g/mol. The third-order valence-corrected chi connectivity index (χ3v) is 6.83. The SMILES string of the molecule is COCCN(CC(C)C)C(=O)c1ccc(S(=O)(=O)N2CCC(C)CC2)cc1. The van der Waals surface area contributed by atoms with E-state index in [1.54, 1.807) is 40.6 Å². The van der Waals surface area contributed by atoms with Crippen LogP contribution in [0.3, 0.4) is 0 Å². The molecule has 1 amide bonds. The number of piperidine rings is 1. The number of amides is 1. The molecule has 152 valence electrons. The standard InChI is InChI=1S/C20H32N2O4S/c1-16(2)15-21(13-14-26-4)20(23)18-5-7-19(8-6-18)27(24,25)22-11-9-17(3)10-12-22/h5-8,16-17H,9-15H2,1-4H3. The lowest BCUT2D eigenvalue weighted by Gasteiger charge is -2.29. The Hall–Kier alpha value is -1.44. The summed E-state index contributed by atoms with van der Waals surface area (Å²) in [7, 11) is -1.88. The smallest absolute Gasteiger partial charge is 0.253 e. The maximum atomic E-state index is 12.8. The summed E-state index contributed by atoms with van der Waals surface area (Å²) in [5, 5.41) is 0. The Labute approximate surface area is 163 Å². The number of hydrogen-bond acceptors (Lipinski definition) is 4. The van der Waals surface area contributed by atoms with Crippen molar-refractivity contribution in [1.29, 1.82) is 0 Å². The quantitative estimate of drug-likeness (QED) is 0.678. The van der Waals surface area contributed by atoms with Crippen LogP contribution >= 0.6 is 0 Å². The molecular formula is C20H32N2O4S. The van der Waals surface area contributed by atoms with Gasteiger partial charge in [0.2, 0.25) is 10.0 Å². The van der Waals surface area contributed by atoms with Crippen LogP contribution < -0.4 is 0 Å². The van der Waals surface area contributed by atoms with E-state index < -0.39 is 10.0 Å². The third-order valence-electron chi connectivity index (χ3n) is 4.92. The maximum absolute atomic E-state index is 12.8. The van der Waals surface area contributed by atoms with Crippen molar-refractivity contribution in [3.8, 4) is 0 Å². The van der Waals surface area contributed by atoms with Gasteiger partial charge in [0.05, 0.1) is 11.5 Å². The molecule has 0 saturated carbocycles. The van der Waals surface area contributed by atoms with Gasteiger partial charge in [-0.1, -0.05) is 20.8 Å². The van der Waals surface area contributed by atoms with E-state index in [-0.39, 0.29) is 10.8 Å². The van der Waals surface area contributed by atoms with E-state index in [1.807, 2.05) is 0 Å². The summed E-state index contributed by atoms with van der Waals surface area (Å²) in [5.41, 5.74) is 0.498. The van der Waals surface area contributed by atoms with Crippen LogP contribution in [0, 0.1) is 11.8 Å². The molecule has 0 spiro atoms. The molecule has 1 fully saturated rings. The molecule has 1 aliphatic heterocycles. The fraction of sp³-hybridized carbons (Fsp3) is 0.650. The number of sulfonamides is 1. The highest BCUT2D eigenvalue weighted by atomic mass is 32.2. The van der Waals surface area contributed by atoms with Gasteiger partial charge in [-0.2, -0.15) is 4.31 Å². The molecule has 0 bridgehead atoms. The van der Waals surface area contributed by atoms with Crippen molar-refractivity contribution in [2.45, 2.75) is 38.5 Å². The molecule has 7 heteroatoms. The second-order valence-corrected chi connectivity index (χ2v) is 9.69. The summed E-state index contributed by atoms with van der Waals surface area (Å²) in [6, 6.07) is 6.32. The minimum absolute atomic E-state index is 0.100. The lowest BCUT2D eigenvalue weighted by Crippen LogP contribution is -2.38. The highest BCUT2D eigenvalue weighted by Gasteiger charge is 2.28. The molecule has 1 aliphatic rings. The highest BCUT2D eigenvalue weighted by Crippen LogP contribution is 2.24. The molecule has 27 heavy (non-hydrogen) atoms. The lowest BCUT2D eigenvalue weighted by atomic mass is 10.0. The summed E-state index contributed by atoms with van der Waals surface area (Å²) in [4.78, 5) is 14.8. The summed E-state index contributed by atoms with van der Waals surface area (Å²) < 4.78 is 32.3. The van der Waals surface area contributed by atoms with Gasteiger partial charge in [-0.15, -0.1) is 0 Å². The van der Waals surface area contributed by atoms with Gasteiger partial charge in [-0.05, 0) is 48.9 Å². The van der Waals surface area contributed by atoms with E-state index in [9.17, 15) is 13.2 Å².